The van der Waals surface area contributed by atoms with Crippen LogP contribution in [-0.2, 0) is 28.9 Å². The summed E-state index contributed by atoms with van der Waals surface area (Å²) in [6, 6.07) is 2.06. The number of nitrogens with zero attached hydrogens (tertiary/aromatic N) is 1. The molecule has 4 heterocycles. The summed E-state index contributed by atoms with van der Waals surface area (Å²) < 4.78 is 23.0. The van der Waals surface area contributed by atoms with Gasteiger partial charge in [0.15, 0.2) is 5.79 Å². The smallest absolute Gasteiger partial charge is 0.317 e. The van der Waals surface area contributed by atoms with E-state index in [2.05, 4.69) is 11.4 Å². The van der Waals surface area contributed by atoms with Gasteiger partial charge in [0.1, 0.15) is 11.5 Å². The Morgan fingerprint density at radius 3 is 2.65 bits per heavy atom. The number of carbonyl (C=O) groups excluding carboxylic acids is 1. The molecule has 1 spiro atoms. The van der Waals surface area contributed by atoms with Gasteiger partial charge >= 0.3 is 6.03 Å². The second-order valence-electron chi connectivity index (χ2n) is 7.27. The number of hydrogen-bond donors (Lipinski definition) is 1. The van der Waals surface area contributed by atoms with Crippen molar-refractivity contribution in [3.05, 3.63) is 22.8 Å². The molecule has 1 aromatic carbocycles. The van der Waals surface area contributed by atoms with Crippen molar-refractivity contribution in [1.29, 1.82) is 0 Å². The number of hydrogen-bond acceptors (Lipinski definition) is 5. The van der Waals surface area contributed by atoms with E-state index >= 15 is 0 Å². The number of urea groups is 1. The van der Waals surface area contributed by atoms with Crippen LogP contribution in [0.25, 0.3) is 0 Å². The van der Waals surface area contributed by atoms with Gasteiger partial charge in [-0.3, -0.25) is 0 Å². The monoisotopic (exact) mass is 360 g/mol. The first kappa shape index (κ1) is 16.2. The lowest BCUT2D eigenvalue weighted by atomic mass is 9.99. The summed E-state index contributed by atoms with van der Waals surface area (Å²) >= 11 is 0. The molecule has 0 atom stereocenters. The van der Waals surface area contributed by atoms with Crippen molar-refractivity contribution in [3.63, 3.8) is 0 Å². The van der Waals surface area contributed by atoms with Gasteiger partial charge in [-0.1, -0.05) is 0 Å². The van der Waals surface area contributed by atoms with Crippen LogP contribution in [0.15, 0.2) is 6.07 Å². The van der Waals surface area contributed by atoms with Crippen LogP contribution in [0.3, 0.4) is 0 Å². The lowest BCUT2D eigenvalue weighted by Gasteiger charge is -2.37. The maximum Gasteiger partial charge on any atom is 0.317 e. The predicted molar refractivity (Wildman–Crippen MR) is 92.5 cm³/mol. The number of carbonyl (C=O) groups is 1. The number of benzene rings is 1. The standard InChI is InChI=1S/C19H24N2O5/c22-18(21-5-3-19(4-6-21)25-9-10-26-19)20-12-15-14-2-8-23-16(14)11-13-1-7-24-17(13)15/h11H,1-10,12H2,(H,20,22). The molecule has 0 aromatic heterocycles. The van der Waals surface area contributed by atoms with E-state index in [1.165, 1.54) is 11.1 Å². The molecule has 7 nitrogen and oxygen atoms in total. The largest absolute Gasteiger partial charge is 0.493 e. The topological polar surface area (TPSA) is 69.3 Å². The Bertz CT molecular complexity index is 687. The minimum atomic E-state index is -0.455. The van der Waals surface area contributed by atoms with Crippen LogP contribution < -0.4 is 14.8 Å². The molecule has 4 aliphatic heterocycles. The summed E-state index contributed by atoms with van der Waals surface area (Å²) in [7, 11) is 0. The molecule has 0 aliphatic carbocycles. The number of fused-ring (bicyclic) bond motifs is 2. The molecule has 0 unspecified atom stereocenters. The van der Waals surface area contributed by atoms with Gasteiger partial charge in [-0.25, -0.2) is 4.79 Å². The summed E-state index contributed by atoms with van der Waals surface area (Å²) in [5.41, 5.74) is 3.44. The molecule has 4 aliphatic rings. The number of piperidine rings is 1. The molecular formula is C19H24N2O5. The Labute approximate surface area is 152 Å². The van der Waals surface area contributed by atoms with Crippen molar-refractivity contribution in [2.45, 2.75) is 38.0 Å². The minimum absolute atomic E-state index is 0.0406. The number of likely N-dealkylation sites (tertiary alicyclic amines) is 1. The van der Waals surface area contributed by atoms with Crippen molar-refractivity contribution < 1.29 is 23.7 Å². The van der Waals surface area contributed by atoms with E-state index in [1.807, 2.05) is 4.90 Å². The maximum absolute atomic E-state index is 12.6. The lowest BCUT2D eigenvalue weighted by Crippen LogP contribution is -2.50. The summed E-state index contributed by atoms with van der Waals surface area (Å²) in [5.74, 6) is 1.44. The highest BCUT2D eigenvalue weighted by molar-refractivity contribution is 5.74. The number of nitrogens with one attached hydrogen (secondary N) is 1. The molecule has 0 saturated carbocycles. The maximum atomic E-state index is 12.6. The molecule has 2 fully saturated rings. The average molecular weight is 360 g/mol. The molecule has 1 N–H and O–H groups in total. The van der Waals surface area contributed by atoms with Crippen LogP contribution in [0.5, 0.6) is 11.5 Å². The van der Waals surface area contributed by atoms with Crippen LogP contribution in [0.2, 0.25) is 0 Å². The molecule has 0 radical (unpaired) electrons. The van der Waals surface area contributed by atoms with E-state index < -0.39 is 5.79 Å². The third-order valence-electron chi connectivity index (χ3n) is 5.80. The molecule has 26 heavy (non-hydrogen) atoms. The number of amides is 2. The van der Waals surface area contributed by atoms with Crippen molar-refractivity contribution >= 4 is 6.03 Å². The van der Waals surface area contributed by atoms with Gasteiger partial charge in [0.25, 0.3) is 0 Å². The molecule has 140 valence electrons. The molecule has 2 saturated heterocycles. The van der Waals surface area contributed by atoms with E-state index in [1.54, 1.807) is 0 Å². The Morgan fingerprint density at radius 2 is 1.85 bits per heavy atom. The molecule has 1 aromatic rings. The second-order valence-corrected chi connectivity index (χ2v) is 7.27. The fraction of sp³-hybridized carbons (Fsp3) is 0.632. The van der Waals surface area contributed by atoms with Gasteiger partial charge in [-0.05, 0) is 6.07 Å². The molecule has 2 amide bonds. The Balaban J connectivity index is 1.25. The summed E-state index contributed by atoms with van der Waals surface area (Å²) in [6.07, 6.45) is 3.24. The third kappa shape index (κ3) is 2.70. The van der Waals surface area contributed by atoms with Crippen molar-refractivity contribution in [1.82, 2.24) is 10.2 Å². The zero-order valence-electron chi connectivity index (χ0n) is 14.8. The highest BCUT2D eigenvalue weighted by Gasteiger charge is 2.40. The van der Waals surface area contributed by atoms with Gasteiger partial charge in [-0.2, -0.15) is 0 Å². The average Bonchev–Trinajstić information content (AvgIpc) is 3.40. The number of rotatable bonds is 2. The van der Waals surface area contributed by atoms with Crippen molar-refractivity contribution in [2.75, 3.05) is 39.5 Å². The van der Waals surface area contributed by atoms with E-state index in [4.69, 9.17) is 18.9 Å². The van der Waals surface area contributed by atoms with Gasteiger partial charge in [0, 0.05) is 62.0 Å². The fourth-order valence-electron chi connectivity index (χ4n) is 4.38. The van der Waals surface area contributed by atoms with Gasteiger partial charge in [0.05, 0.1) is 26.4 Å². The number of ether oxygens (including phenoxy) is 4. The Kier molecular flexibility index (Phi) is 3.94. The Hall–Kier alpha value is -1.99. The summed E-state index contributed by atoms with van der Waals surface area (Å²) in [6.45, 7) is 4.48. The van der Waals surface area contributed by atoms with E-state index in [0.29, 0.717) is 46.1 Å². The van der Waals surface area contributed by atoms with E-state index in [0.717, 1.165) is 42.7 Å². The first-order valence-corrected chi connectivity index (χ1v) is 9.48. The second kappa shape index (κ2) is 6.32. The molecule has 5 rings (SSSR count). The third-order valence-corrected chi connectivity index (χ3v) is 5.80. The highest BCUT2D eigenvalue weighted by Crippen LogP contribution is 2.40. The van der Waals surface area contributed by atoms with Crippen LogP contribution in [-0.4, -0.2) is 56.2 Å². The van der Waals surface area contributed by atoms with Crippen molar-refractivity contribution in [2.24, 2.45) is 0 Å². The predicted octanol–water partition coefficient (Wildman–Crippen LogP) is 1.60. The zero-order chi connectivity index (χ0) is 17.6. The molecule has 7 heteroatoms. The SMILES string of the molecule is O=C(NCc1c2c(cc3c1OCC3)OCC2)N1CCC2(CC1)OCCO2. The first-order chi connectivity index (χ1) is 12.7. The molecular weight excluding hydrogens is 336 g/mol. The lowest BCUT2D eigenvalue weighted by molar-refractivity contribution is -0.181. The highest BCUT2D eigenvalue weighted by atomic mass is 16.7. The minimum Gasteiger partial charge on any atom is -0.493 e. The quantitative estimate of drug-likeness (QED) is 0.868. The summed E-state index contributed by atoms with van der Waals surface area (Å²) in [5, 5.41) is 3.08. The van der Waals surface area contributed by atoms with E-state index in [9.17, 15) is 4.79 Å². The fourth-order valence-corrected chi connectivity index (χ4v) is 4.38. The zero-order valence-corrected chi connectivity index (χ0v) is 14.8. The normalized spacial score (nSPS) is 22.7. The first-order valence-electron chi connectivity index (χ1n) is 9.48. The summed E-state index contributed by atoms with van der Waals surface area (Å²) in [4.78, 5) is 14.5. The van der Waals surface area contributed by atoms with Crippen LogP contribution in [0.4, 0.5) is 4.79 Å². The van der Waals surface area contributed by atoms with Gasteiger partial charge < -0.3 is 29.2 Å². The van der Waals surface area contributed by atoms with Crippen molar-refractivity contribution in [3.8, 4) is 11.5 Å². The van der Waals surface area contributed by atoms with Crippen LogP contribution in [0.1, 0.15) is 29.5 Å². The van der Waals surface area contributed by atoms with Gasteiger partial charge in [0.2, 0.25) is 0 Å². The Morgan fingerprint density at radius 1 is 1.08 bits per heavy atom. The van der Waals surface area contributed by atoms with Gasteiger partial charge in [-0.15, -0.1) is 0 Å². The van der Waals surface area contributed by atoms with Crippen LogP contribution >= 0.6 is 0 Å². The molecule has 0 bridgehead atoms. The van der Waals surface area contributed by atoms with E-state index in [-0.39, 0.29) is 6.03 Å². The van der Waals surface area contributed by atoms with Crippen LogP contribution in [0, 0.1) is 0 Å².